The highest BCUT2D eigenvalue weighted by molar-refractivity contribution is 5.85. The molecule has 1 heterocycles. The van der Waals surface area contributed by atoms with E-state index in [0.717, 1.165) is 5.52 Å². The normalized spacial score (nSPS) is 10.6. The number of nitrogens with zero attached hydrogens (tertiary/aromatic N) is 1. The lowest BCUT2D eigenvalue weighted by molar-refractivity contribution is 1.36. The first-order valence-electron chi connectivity index (χ1n) is 5.75. The summed E-state index contributed by atoms with van der Waals surface area (Å²) < 4.78 is 0. The highest BCUT2D eigenvalue weighted by Crippen LogP contribution is 2.23. The van der Waals surface area contributed by atoms with Gasteiger partial charge in [-0.05, 0) is 24.1 Å². The van der Waals surface area contributed by atoms with Crippen LogP contribution in [-0.4, -0.2) is 4.98 Å². The molecule has 0 N–H and O–H groups in total. The van der Waals surface area contributed by atoms with Crippen molar-refractivity contribution in [3.63, 3.8) is 0 Å². The molecule has 0 spiro atoms. The Morgan fingerprint density at radius 3 is 2.47 bits per heavy atom. The van der Waals surface area contributed by atoms with Crippen LogP contribution in [0.15, 0.2) is 60.8 Å². The Balaban J connectivity index is 2.21. The maximum atomic E-state index is 4.56. The molecule has 0 aliphatic rings. The summed E-state index contributed by atoms with van der Waals surface area (Å²) in [6.07, 6.45) is 1.95. The van der Waals surface area contributed by atoms with Crippen LogP contribution in [0.1, 0.15) is 5.56 Å². The maximum absolute atomic E-state index is 4.56. The number of rotatable bonds is 1. The molecule has 17 heavy (non-hydrogen) atoms. The second kappa shape index (κ2) is 4.02. The van der Waals surface area contributed by atoms with Crippen LogP contribution in [-0.2, 0) is 0 Å². The van der Waals surface area contributed by atoms with Crippen LogP contribution in [0.25, 0.3) is 22.0 Å². The second-order valence-electron chi connectivity index (χ2n) is 4.24. The number of para-hydroxylation sites is 1. The van der Waals surface area contributed by atoms with E-state index in [1.807, 2.05) is 12.3 Å². The average molecular weight is 219 g/mol. The van der Waals surface area contributed by atoms with Gasteiger partial charge in [0.05, 0.1) is 5.52 Å². The lowest BCUT2D eigenvalue weighted by Crippen LogP contribution is -1.85. The van der Waals surface area contributed by atoms with Crippen LogP contribution in [0, 0.1) is 6.92 Å². The molecule has 0 radical (unpaired) electrons. The van der Waals surface area contributed by atoms with E-state index in [1.54, 1.807) is 0 Å². The van der Waals surface area contributed by atoms with Crippen molar-refractivity contribution in [3.8, 4) is 11.1 Å². The van der Waals surface area contributed by atoms with Crippen LogP contribution in [0.2, 0.25) is 0 Å². The van der Waals surface area contributed by atoms with Crippen molar-refractivity contribution in [3.05, 3.63) is 66.4 Å². The van der Waals surface area contributed by atoms with Gasteiger partial charge in [-0.15, -0.1) is 0 Å². The number of aryl methyl sites for hydroxylation is 1. The smallest absolute Gasteiger partial charge is 0.0731 e. The lowest BCUT2D eigenvalue weighted by atomic mass is 10.0. The minimum absolute atomic E-state index is 1.09. The fourth-order valence-corrected chi connectivity index (χ4v) is 2.10. The van der Waals surface area contributed by atoms with Crippen molar-refractivity contribution >= 4 is 10.9 Å². The third-order valence-corrected chi connectivity index (χ3v) is 3.02. The maximum Gasteiger partial charge on any atom is 0.0731 e. The van der Waals surface area contributed by atoms with Gasteiger partial charge in [-0.3, -0.25) is 4.98 Å². The van der Waals surface area contributed by atoms with Gasteiger partial charge >= 0.3 is 0 Å². The average Bonchev–Trinajstić information content (AvgIpc) is 2.40. The molecule has 0 aliphatic heterocycles. The molecule has 0 unspecified atom stereocenters. The summed E-state index contributed by atoms with van der Waals surface area (Å²) in [7, 11) is 0. The van der Waals surface area contributed by atoms with Gasteiger partial charge in [0.25, 0.3) is 0 Å². The minimum Gasteiger partial charge on any atom is -0.255 e. The highest BCUT2D eigenvalue weighted by Gasteiger charge is 2.01. The molecule has 1 aromatic heterocycles. The molecule has 0 saturated heterocycles. The molecule has 2 aromatic carbocycles. The quantitative estimate of drug-likeness (QED) is 0.597. The van der Waals surface area contributed by atoms with Gasteiger partial charge in [0, 0.05) is 17.1 Å². The van der Waals surface area contributed by atoms with Crippen molar-refractivity contribution in [2.75, 3.05) is 0 Å². The predicted molar refractivity (Wildman–Crippen MR) is 71.9 cm³/mol. The molecule has 82 valence electrons. The molecule has 1 nitrogen and oxygen atoms in total. The molecule has 0 fully saturated rings. The zero-order chi connectivity index (χ0) is 11.7. The first kappa shape index (κ1) is 10.0. The predicted octanol–water partition coefficient (Wildman–Crippen LogP) is 4.21. The van der Waals surface area contributed by atoms with Crippen molar-refractivity contribution in [2.45, 2.75) is 6.92 Å². The minimum atomic E-state index is 1.09. The molecule has 1 heteroatoms. The molecule has 0 saturated carbocycles. The lowest BCUT2D eigenvalue weighted by Gasteiger charge is -2.05. The van der Waals surface area contributed by atoms with E-state index in [9.17, 15) is 0 Å². The van der Waals surface area contributed by atoms with Crippen LogP contribution in [0.4, 0.5) is 0 Å². The van der Waals surface area contributed by atoms with E-state index in [4.69, 9.17) is 0 Å². The van der Waals surface area contributed by atoms with E-state index in [2.05, 4.69) is 60.4 Å². The van der Waals surface area contributed by atoms with Gasteiger partial charge in [0.15, 0.2) is 0 Å². The Morgan fingerprint density at radius 2 is 1.65 bits per heavy atom. The summed E-state index contributed by atoms with van der Waals surface area (Å²) in [4.78, 5) is 4.56. The summed E-state index contributed by atoms with van der Waals surface area (Å²) in [6, 6.07) is 18.8. The molecule has 3 aromatic rings. The van der Waals surface area contributed by atoms with Crippen molar-refractivity contribution in [1.82, 2.24) is 4.98 Å². The summed E-state index contributed by atoms with van der Waals surface area (Å²) in [6.45, 7) is 2.09. The van der Waals surface area contributed by atoms with E-state index in [1.165, 1.54) is 22.1 Å². The zero-order valence-electron chi connectivity index (χ0n) is 9.72. The van der Waals surface area contributed by atoms with Gasteiger partial charge in [-0.1, -0.05) is 48.5 Å². The summed E-state index contributed by atoms with van der Waals surface area (Å²) in [5.41, 5.74) is 4.70. The highest BCUT2D eigenvalue weighted by atomic mass is 14.7. The molecule has 0 aliphatic carbocycles. The van der Waals surface area contributed by atoms with Crippen LogP contribution >= 0.6 is 0 Å². The number of fused-ring (bicyclic) bond motifs is 1. The van der Waals surface area contributed by atoms with Crippen LogP contribution < -0.4 is 0 Å². The van der Waals surface area contributed by atoms with Gasteiger partial charge in [0.2, 0.25) is 0 Å². The Labute approximate surface area is 101 Å². The van der Waals surface area contributed by atoms with Crippen molar-refractivity contribution in [2.24, 2.45) is 0 Å². The van der Waals surface area contributed by atoms with E-state index in [-0.39, 0.29) is 0 Å². The van der Waals surface area contributed by atoms with E-state index in [0.29, 0.717) is 0 Å². The summed E-state index contributed by atoms with van der Waals surface area (Å²) >= 11 is 0. The largest absolute Gasteiger partial charge is 0.255 e. The van der Waals surface area contributed by atoms with Crippen molar-refractivity contribution < 1.29 is 0 Å². The van der Waals surface area contributed by atoms with Gasteiger partial charge in [0.1, 0.15) is 0 Å². The van der Waals surface area contributed by atoms with Gasteiger partial charge in [-0.2, -0.15) is 0 Å². The van der Waals surface area contributed by atoms with Gasteiger partial charge in [-0.25, -0.2) is 0 Å². The number of pyridine rings is 1. The van der Waals surface area contributed by atoms with E-state index < -0.39 is 0 Å². The second-order valence-corrected chi connectivity index (χ2v) is 4.24. The van der Waals surface area contributed by atoms with Crippen molar-refractivity contribution in [1.29, 1.82) is 0 Å². The summed E-state index contributed by atoms with van der Waals surface area (Å²) in [5, 5.41) is 1.20. The Hall–Kier alpha value is -2.15. The topological polar surface area (TPSA) is 12.9 Å². The number of aromatic nitrogens is 1. The summed E-state index contributed by atoms with van der Waals surface area (Å²) in [5.74, 6) is 0. The van der Waals surface area contributed by atoms with Crippen LogP contribution in [0.3, 0.4) is 0 Å². The number of benzene rings is 2. The number of hydrogen-bond donors (Lipinski definition) is 0. The Morgan fingerprint density at radius 1 is 0.824 bits per heavy atom. The Bertz CT molecular complexity index is 657. The number of hydrogen-bond acceptors (Lipinski definition) is 1. The molecule has 3 rings (SSSR count). The molecule has 0 atom stereocenters. The molecular formula is C16H13N. The van der Waals surface area contributed by atoms with Crippen LogP contribution in [0.5, 0.6) is 0 Å². The third kappa shape index (κ3) is 1.80. The zero-order valence-corrected chi connectivity index (χ0v) is 9.72. The monoisotopic (exact) mass is 219 g/mol. The fourth-order valence-electron chi connectivity index (χ4n) is 2.10. The Kier molecular flexibility index (Phi) is 2.37. The fraction of sp³-hybridized carbons (Fsp3) is 0.0625. The van der Waals surface area contributed by atoms with Gasteiger partial charge < -0.3 is 0 Å². The molecule has 0 amide bonds. The third-order valence-electron chi connectivity index (χ3n) is 3.02. The molecular weight excluding hydrogens is 206 g/mol. The van der Waals surface area contributed by atoms with E-state index >= 15 is 0 Å². The first-order chi connectivity index (χ1) is 8.34. The first-order valence-corrected chi connectivity index (χ1v) is 5.75. The SMILES string of the molecule is Cc1cccc2cc(-c3ccccc3)cnc12. The molecule has 0 bridgehead atoms. The standard InChI is InChI=1S/C16H13N/c1-12-6-5-9-14-10-15(11-17-16(12)14)13-7-3-2-4-8-13/h2-11H,1H3.